The average molecular weight is 317 g/mol. The second-order valence-corrected chi connectivity index (χ2v) is 5.52. The lowest BCUT2D eigenvalue weighted by molar-refractivity contribution is -0.127. The number of hydrogen-bond donors (Lipinski definition) is 0. The lowest BCUT2D eigenvalue weighted by Crippen LogP contribution is -2.27. The molecule has 1 aromatic carbocycles. The number of alkyl halides is 1. The van der Waals surface area contributed by atoms with Crippen LogP contribution in [-0.4, -0.2) is 29.2 Å². The molecule has 1 amide bonds. The van der Waals surface area contributed by atoms with E-state index >= 15 is 0 Å². The maximum Gasteiger partial charge on any atom is 0.222 e. The van der Waals surface area contributed by atoms with E-state index in [4.69, 9.17) is 11.6 Å². The van der Waals surface area contributed by atoms with Crippen molar-refractivity contribution in [2.24, 2.45) is 5.92 Å². The molecule has 1 aliphatic rings. The number of amides is 1. The first-order chi connectivity index (χ1) is 8.19. The Labute approximate surface area is 115 Å². The molecule has 0 saturated carbocycles. The summed E-state index contributed by atoms with van der Waals surface area (Å²) in [6.45, 7) is 1.70. The Morgan fingerprint density at radius 1 is 1.35 bits per heavy atom. The fourth-order valence-electron chi connectivity index (χ4n) is 2.09. The Hall–Kier alpha value is -0.540. The van der Waals surface area contributed by atoms with Gasteiger partial charge in [0.2, 0.25) is 5.91 Å². The Balaban J connectivity index is 1.86. The normalized spacial score (nSPS) is 20.0. The number of halogens is 2. The van der Waals surface area contributed by atoms with Crippen LogP contribution in [0.25, 0.3) is 0 Å². The first kappa shape index (κ1) is 12.9. The molecule has 1 saturated heterocycles. The summed E-state index contributed by atoms with van der Waals surface area (Å²) in [5, 5.41) is 1.67. The summed E-state index contributed by atoms with van der Waals surface area (Å²) < 4.78 is 0. The zero-order valence-electron chi connectivity index (χ0n) is 9.53. The third-order valence-electron chi connectivity index (χ3n) is 3.10. The molecule has 0 N–H and O–H groups in total. The number of benzene rings is 1. The standard InChI is InChI=1S/C13H15BrClNO/c14-8-11-7-13(17)16(9-11)6-5-10-1-3-12(15)4-2-10/h1-4,11H,5-9H2. The predicted molar refractivity (Wildman–Crippen MR) is 73.6 cm³/mol. The van der Waals surface area contributed by atoms with E-state index in [-0.39, 0.29) is 5.91 Å². The van der Waals surface area contributed by atoms with Crippen molar-refractivity contribution in [1.82, 2.24) is 4.90 Å². The minimum absolute atomic E-state index is 0.281. The van der Waals surface area contributed by atoms with Gasteiger partial charge in [0.15, 0.2) is 0 Å². The summed E-state index contributed by atoms with van der Waals surface area (Å²) in [5.74, 6) is 0.760. The summed E-state index contributed by atoms with van der Waals surface area (Å²) in [4.78, 5) is 13.7. The summed E-state index contributed by atoms with van der Waals surface area (Å²) >= 11 is 9.27. The van der Waals surface area contributed by atoms with Crippen molar-refractivity contribution >= 4 is 33.4 Å². The maximum atomic E-state index is 11.7. The smallest absolute Gasteiger partial charge is 0.222 e. The number of nitrogens with zero attached hydrogens (tertiary/aromatic N) is 1. The molecule has 4 heteroatoms. The van der Waals surface area contributed by atoms with Crippen LogP contribution in [0.2, 0.25) is 5.02 Å². The van der Waals surface area contributed by atoms with Crippen LogP contribution in [0.4, 0.5) is 0 Å². The molecule has 1 atom stereocenters. The van der Waals surface area contributed by atoms with Crippen molar-refractivity contribution in [3.8, 4) is 0 Å². The van der Waals surface area contributed by atoms with Crippen LogP contribution in [0, 0.1) is 5.92 Å². The molecular weight excluding hydrogens is 302 g/mol. The minimum Gasteiger partial charge on any atom is -0.342 e. The summed E-state index contributed by atoms with van der Waals surface area (Å²) in [6.07, 6.45) is 1.59. The lowest BCUT2D eigenvalue weighted by Gasteiger charge is -2.16. The molecule has 1 fully saturated rings. The number of likely N-dealkylation sites (tertiary alicyclic amines) is 1. The molecule has 0 radical (unpaired) electrons. The summed E-state index contributed by atoms with van der Waals surface area (Å²) in [5.41, 5.74) is 1.23. The van der Waals surface area contributed by atoms with E-state index in [0.717, 1.165) is 29.9 Å². The average Bonchev–Trinajstić information content (AvgIpc) is 2.69. The van der Waals surface area contributed by atoms with Crippen LogP contribution < -0.4 is 0 Å². The van der Waals surface area contributed by atoms with Crippen molar-refractivity contribution in [2.75, 3.05) is 18.4 Å². The minimum atomic E-state index is 0.281. The van der Waals surface area contributed by atoms with Gasteiger partial charge in [0.25, 0.3) is 0 Å². The SMILES string of the molecule is O=C1CC(CBr)CN1CCc1ccc(Cl)cc1. The van der Waals surface area contributed by atoms with E-state index in [1.165, 1.54) is 5.56 Å². The number of rotatable bonds is 4. The molecule has 0 aromatic heterocycles. The van der Waals surface area contributed by atoms with Crippen LogP contribution in [0.5, 0.6) is 0 Å². The van der Waals surface area contributed by atoms with Crippen LogP contribution in [0.15, 0.2) is 24.3 Å². The molecule has 1 aromatic rings. The second kappa shape index (κ2) is 5.87. The topological polar surface area (TPSA) is 20.3 Å². The summed E-state index contributed by atoms with van der Waals surface area (Å²) in [7, 11) is 0. The van der Waals surface area contributed by atoms with Gasteiger partial charge in [-0.25, -0.2) is 0 Å². The van der Waals surface area contributed by atoms with Gasteiger partial charge in [0, 0.05) is 29.9 Å². The zero-order chi connectivity index (χ0) is 12.3. The highest BCUT2D eigenvalue weighted by molar-refractivity contribution is 9.09. The third kappa shape index (κ3) is 3.46. The van der Waals surface area contributed by atoms with Crippen molar-refractivity contribution in [2.45, 2.75) is 12.8 Å². The summed E-state index contributed by atoms with van der Waals surface area (Å²) in [6, 6.07) is 7.82. The van der Waals surface area contributed by atoms with Crippen molar-refractivity contribution in [3.05, 3.63) is 34.9 Å². The fraction of sp³-hybridized carbons (Fsp3) is 0.462. The van der Waals surface area contributed by atoms with Crippen LogP contribution >= 0.6 is 27.5 Å². The van der Waals surface area contributed by atoms with Crippen molar-refractivity contribution < 1.29 is 4.79 Å². The van der Waals surface area contributed by atoms with Gasteiger partial charge in [0.05, 0.1) is 0 Å². The van der Waals surface area contributed by atoms with E-state index in [9.17, 15) is 4.79 Å². The van der Waals surface area contributed by atoms with E-state index in [1.54, 1.807) is 0 Å². The first-order valence-electron chi connectivity index (χ1n) is 5.77. The zero-order valence-corrected chi connectivity index (χ0v) is 11.9. The van der Waals surface area contributed by atoms with Crippen LogP contribution in [-0.2, 0) is 11.2 Å². The van der Waals surface area contributed by atoms with E-state index in [1.807, 2.05) is 29.2 Å². The van der Waals surface area contributed by atoms with E-state index < -0.39 is 0 Å². The third-order valence-corrected chi connectivity index (χ3v) is 4.26. The molecule has 0 bridgehead atoms. The molecule has 17 heavy (non-hydrogen) atoms. The molecular formula is C13H15BrClNO. The van der Waals surface area contributed by atoms with Crippen LogP contribution in [0.3, 0.4) is 0 Å². The van der Waals surface area contributed by atoms with Gasteiger partial charge < -0.3 is 4.90 Å². The quantitative estimate of drug-likeness (QED) is 0.782. The Morgan fingerprint density at radius 2 is 2.06 bits per heavy atom. The fourth-order valence-corrected chi connectivity index (χ4v) is 2.65. The molecule has 92 valence electrons. The monoisotopic (exact) mass is 315 g/mol. The van der Waals surface area contributed by atoms with Gasteiger partial charge in [-0.15, -0.1) is 0 Å². The highest BCUT2D eigenvalue weighted by Crippen LogP contribution is 2.20. The molecule has 1 unspecified atom stereocenters. The van der Waals surface area contributed by atoms with Gasteiger partial charge in [-0.3, -0.25) is 4.79 Å². The van der Waals surface area contributed by atoms with E-state index in [2.05, 4.69) is 15.9 Å². The first-order valence-corrected chi connectivity index (χ1v) is 7.27. The number of hydrogen-bond acceptors (Lipinski definition) is 1. The highest BCUT2D eigenvalue weighted by Gasteiger charge is 2.27. The largest absolute Gasteiger partial charge is 0.342 e. The Kier molecular flexibility index (Phi) is 4.46. The number of carbonyl (C=O) groups excluding carboxylic acids is 1. The van der Waals surface area contributed by atoms with Crippen molar-refractivity contribution in [1.29, 1.82) is 0 Å². The van der Waals surface area contributed by atoms with E-state index in [0.29, 0.717) is 12.3 Å². The maximum absolute atomic E-state index is 11.7. The van der Waals surface area contributed by atoms with Crippen molar-refractivity contribution in [3.63, 3.8) is 0 Å². The molecule has 2 rings (SSSR count). The molecule has 0 spiro atoms. The molecule has 1 aliphatic heterocycles. The molecule has 0 aliphatic carbocycles. The highest BCUT2D eigenvalue weighted by atomic mass is 79.9. The molecule has 2 nitrogen and oxygen atoms in total. The number of carbonyl (C=O) groups is 1. The predicted octanol–water partition coefficient (Wildman–Crippen LogP) is 3.13. The van der Waals surface area contributed by atoms with Gasteiger partial charge in [-0.2, -0.15) is 0 Å². The molecule has 1 heterocycles. The second-order valence-electron chi connectivity index (χ2n) is 4.44. The Bertz CT molecular complexity index is 393. The van der Waals surface area contributed by atoms with Gasteiger partial charge in [-0.1, -0.05) is 39.7 Å². The van der Waals surface area contributed by atoms with Gasteiger partial charge in [-0.05, 0) is 30.0 Å². The lowest BCUT2D eigenvalue weighted by atomic mass is 10.1. The Morgan fingerprint density at radius 3 is 2.65 bits per heavy atom. The van der Waals surface area contributed by atoms with Gasteiger partial charge >= 0.3 is 0 Å². The van der Waals surface area contributed by atoms with Gasteiger partial charge in [0.1, 0.15) is 0 Å². The van der Waals surface area contributed by atoms with Crippen LogP contribution in [0.1, 0.15) is 12.0 Å².